The molecular weight excluding hydrogens is 546 g/mol. The third kappa shape index (κ3) is 14.2. The van der Waals surface area contributed by atoms with E-state index in [0.29, 0.717) is 11.4 Å². The molecule has 0 aliphatic carbocycles. The highest BCUT2D eigenvalue weighted by atomic mass is 35.5. The van der Waals surface area contributed by atoms with Crippen LogP contribution in [-0.4, -0.2) is 53.1 Å². The summed E-state index contributed by atoms with van der Waals surface area (Å²) >= 11 is 5.98. The average molecular weight is 596 g/mol. The zero-order chi connectivity index (χ0) is 30.9. The van der Waals surface area contributed by atoms with Gasteiger partial charge in [-0.1, -0.05) is 96.4 Å². The molecule has 6 atom stereocenters. The lowest BCUT2D eigenvalue weighted by atomic mass is 9.93. The Morgan fingerprint density at radius 3 is 2.12 bits per heavy atom. The molecule has 41 heavy (non-hydrogen) atoms. The van der Waals surface area contributed by atoms with E-state index in [-0.39, 0.29) is 24.7 Å². The number of halogens is 1. The monoisotopic (exact) mass is 595 g/mol. The first kappa shape index (κ1) is 36.4. The number of nitrogens with two attached hydrogens (primary N) is 1. The van der Waals surface area contributed by atoms with Crippen LogP contribution in [0.4, 0.5) is 0 Å². The van der Waals surface area contributed by atoms with Gasteiger partial charge in [0, 0.05) is 11.4 Å². The van der Waals surface area contributed by atoms with Crippen LogP contribution in [0.3, 0.4) is 0 Å². The molecule has 232 valence electrons. The number of ether oxygens (including phenoxy) is 1. The predicted molar refractivity (Wildman–Crippen MR) is 161 cm³/mol. The molecule has 1 aromatic rings. The summed E-state index contributed by atoms with van der Waals surface area (Å²) in [7, 11) is 0. The summed E-state index contributed by atoms with van der Waals surface area (Å²) in [5.74, 6) is -3.02. The predicted octanol–water partition coefficient (Wildman–Crippen LogP) is 5.02. The maximum absolute atomic E-state index is 13.3. The Bertz CT molecular complexity index is 958. The van der Waals surface area contributed by atoms with E-state index in [1.807, 2.05) is 20.8 Å². The van der Waals surface area contributed by atoms with Crippen molar-refractivity contribution in [1.82, 2.24) is 10.6 Å². The van der Waals surface area contributed by atoms with Crippen molar-refractivity contribution in [3.8, 4) is 0 Å². The molecule has 0 aliphatic rings. The van der Waals surface area contributed by atoms with Crippen LogP contribution in [0.25, 0.3) is 0 Å². The maximum Gasteiger partial charge on any atom is 0.325 e. The van der Waals surface area contributed by atoms with Crippen molar-refractivity contribution in [3.63, 3.8) is 0 Å². The molecule has 1 aromatic carbocycles. The normalized spacial score (nSPS) is 15.6. The van der Waals surface area contributed by atoms with Crippen molar-refractivity contribution in [2.45, 2.75) is 123 Å². The van der Waals surface area contributed by atoms with Crippen LogP contribution in [-0.2, 0) is 30.3 Å². The number of aliphatic carboxylic acids is 1. The number of benzene rings is 1. The molecule has 2 amide bonds. The first-order chi connectivity index (χ1) is 19.4. The van der Waals surface area contributed by atoms with E-state index < -0.39 is 48.0 Å². The molecule has 0 radical (unpaired) electrons. The van der Waals surface area contributed by atoms with Gasteiger partial charge in [-0.25, -0.2) is 0 Å². The van der Waals surface area contributed by atoms with Gasteiger partial charge >= 0.3 is 11.9 Å². The molecule has 1 rings (SSSR count). The van der Waals surface area contributed by atoms with E-state index in [0.717, 1.165) is 31.2 Å². The Morgan fingerprint density at radius 1 is 0.927 bits per heavy atom. The van der Waals surface area contributed by atoms with Crippen LogP contribution in [0.5, 0.6) is 0 Å². The number of carboxylic acids is 1. The summed E-state index contributed by atoms with van der Waals surface area (Å²) in [6.07, 6.45) is 7.48. The van der Waals surface area contributed by atoms with Gasteiger partial charge in [0.15, 0.2) is 0 Å². The molecule has 0 saturated heterocycles. The summed E-state index contributed by atoms with van der Waals surface area (Å²) in [4.78, 5) is 50.4. The SMILES string of the molecule is CCCCCCCC[C@H](C)[C@H](CC(=O)N[C@@H](Cc1ccc(Cl)cc1)C(=O)N[C@@H](C)C(=O)O)OC(=O)[C@H](N)[C@@H](C)CC. The van der Waals surface area contributed by atoms with E-state index in [1.54, 1.807) is 24.3 Å². The smallest absolute Gasteiger partial charge is 0.325 e. The number of carboxylic acid groups (broad SMARTS) is 1. The lowest BCUT2D eigenvalue weighted by Crippen LogP contribution is -2.52. The summed E-state index contributed by atoms with van der Waals surface area (Å²) in [6.45, 7) is 9.30. The number of unbranched alkanes of at least 4 members (excludes halogenated alkanes) is 5. The number of carbonyl (C=O) groups is 4. The molecule has 0 spiro atoms. The molecule has 0 heterocycles. The average Bonchev–Trinajstić information content (AvgIpc) is 2.93. The van der Waals surface area contributed by atoms with Crippen LogP contribution in [0.15, 0.2) is 24.3 Å². The number of hydrogen-bond donors (Lipinski definition) is 4. The maximum atomic E-state index is 13.3. The van der Waals surface area contributed by atoms with E-state index in [9.17, 15) is 24.3 Å². The summed E-state index contributed by atoms with van der Waals surface area (Å²) < 4.78 is 5.82. The van der Waals surface area contributed by atoms with E-state index in [2.05, 4.69) is 17.6 Å². The Hall–Kier alpha value is -2.65. The largest absolute Gasteiger partial charge is 0.480 e. The number of nitrogens with one attached hydrogen (secondary N) is 2. The number of rotatable bonds is 20. The minimum atomic E-state index is -1.19. The van der Waals surface area contributed by atoms with Gasteiger partial charge < -0.3 is 26.2 Å². The molecule has 0 fully saturated rings. The fourth-order valence-electron chi connectivity index (χ4n) is 4.38. The molecule has 0 aliphatic heterocycles. The van der Waals surface area contributed by atoms with Gasteiger partial charge in [-0.15, -0.1) is 0 Å². The number of esters is 1. The van der Waals surface area contributed by atoms with Crippen molar-refractivity contribution in [1.29, 1.82) is 0 Å². The molecule has 0 unspecified atom stereocenters. The highest BCUT2D eigenvalue weighted by molar-refractivity contribution is 6.30. The summed E-state index contributed by atoms with van der Waals surface area (Å²) in [6, 6.07) is 3.84. The zero-order valence-corrected chi connectivity index (χ0v) is 26.0. The summed E-state index contributed by atoms with van der Waals surface area (Å²) in [5, 5.41) is 14.9. The second-order valence-electron chi connectivity index (χ2n) is 11.1. The number of hydrogen-bond acceptors (Lipinski definition) is 6. The lowest BCUT2D eigenvalue weighted by Gasteiger charge is -2.27. The third-order valence-corrected chi connectivity index (χ3v) is 7.82. The van der Waals surface area contributed by atoms with E-state index in [1.165, 1.54) is 26.2 Å². The molecule has 0 saturated carbocycles. The molecule has 5 N–H and O–H groups in total. The highest BCUT2D eigenvalue weighted by Gasteiger charge is 2.31. The fourth-order valence-corrected chi connectivity index (χ4v) is 4.51. The molecular formula is C31H50ClN3O6. The molecule has 10 heteroatoms. The Morgan fingerprint density at radius 2 is 1.54 bits per heavy atom. The van der Waals surface area contributed by atoms with Crippen LogP contribution in [0.1, 0.15) is 98.0 Å². The summed E-state index contributed by atoms with van der Waals surface area (Å²) in [5.41, 5.74) is 6.85. The number of carbonyl (C=O) groups excluding carboxylic acids is 3. The Labute approximate surface area is 250 Å². The van der Waals surface area contributed by atoms with Crippen molar-refractivity contribution in [2.24, 2.45) is 17.6 Å². The Kier molecular flexibility index (Phi) is 17.3. The Balaban J connectivity index is 3.03. The molecule has 0 bridgehead atoms. The van der Waals surface area contributed by atoms with Crippen LogP contribution < -0.4 is 16.4 Å². The topological polar surface area (TPSA) is 148 Å². The second-order valence-corrected chi connectivity index (χ2v) is 11.6. The van der Waals surface area contributed by atoms with Gasteiger partial charge in [-0.05, 0) is 42.9 Å². The first-order valence-electron chi connectivity index (χ1n) is 14.9. The lowest BCUT2D eigenvalue weighted by molar-refractivity contribution is -0.156. The first-order valence-corrected chi connectivity index (χ1v) is 15.3. The van der Waals surface area contributed by atoms with Crippen molar-refractivity contribution in [2.75, 3.05) is 0 Å². The van der Waals surface area contributed by atoms with Gasteiger partial charge in [0.2, 0.25) is 11.8 Å². The van der Waals surface area contributed by atoms with Gasteiger partial charge in [0.1, 0.15) is 24.2 Å². The number of amides is 2. The van der Waals surface area contributed by atoms with Crippen LogP contribution >= 0.6 is 11.6 Å². The van der Waals surface area contributed by atoms with Crippen molar-refractivity contribution >= 4 is 35.4 Å². The van der Waals surface area contributed by atoms with Crippen molar-refractivity contribution in [3.05, 3.63) is 34.9 Å². The van der Waals surface area contributed by atoms with Crippen LogP contribution in [0.2, 0.25) is 5.02 Å². The van der Waals surface area contributed by atoms with Gasteiger partial charge in [0.05, 0.1) is 6.42 Å². The highest BCUT2D eigenvalue weighted by Crippen LogP contribution is 2.22. The fraction of sp³-hybridized carbons (Fsp3) is 0.677. The minimum Gasteiger partial charge on any atom is -0.480 e. The quantitative estimate of drug-likeness (QED) is 0.122. The minimum absolute atomic E-state index is 0.0745. The standard InChI is InChI=1S/C31H50ClN3O6/c1-6-8-9-10-11-12-13-21(4)26(41-31(40)28(33)20(3)7-2)19-27(36)35-25(29(37)34-22(5)30(38)39)18-23-14-16-24(32)17-15-23/h14-17,20-22,25-26,28H,6-13,18-19,33H2,1-5H3,(H,34,37)(H,35,36)(H,38,39)/t20-,21-,22-,25-,26-,28+/m0/s1. The second kappa shape index (κ2) is 19.5. The molecule has 0 aromatic heterocycles. The van der Waals surface area contributed by atoms with Gasteiger partial charge in [-0.2, -0.15) is 0 Å². The van der Waals surface area contributed by atoms with Crippen molar-refractivity contribution < 1.29 is 29.0 Å². The van der Waals surface area contributed by atoms with Gasteiger partial charge in [0.25, 0.3) is 0 Å². The third-order valence-electron chi connectivity index (χ3n) is 7.56. The molecule has 9 nitrogen and oxygen atoms in total. The zero-order valence-electron chi connectivity index (χ0n) is 25.3. The van der Waals surface area contributed by atoms with E-state index >= 15 is 0 Å². The van der Waals surface area contributed by atoms with E-state index in [4.69, 9.17) is 22.1 Å². The van der Waals surface area contributed by atoms with Gasteiger partial charge in [-0.3, -0.25) is 19.2 Å². The van der Waals surface area contributed by atoms with Crippen LogP contribution in [0, 0.1) is 11.8 Å².